The SMILES string of the molecule is CC(C#CCOc1ccc(F)cc1)[N+](F)(F)[C@@H](CC(F)(F)CC1CC1)C(=O)NC1(C#N)CC1. The molecular weight excluding hydrogens is 445 g/mol. The van der Waals surface area contributed by atoms with E-state index in [1.54, 1.807) is 0 Å². The van der Waals surface area contributed by atoms with E-state index in [0.29, 0.717) is 12.8 Å². The molecule has 178 valence electrons. The lowest BCUT2D eigenvalue weighted by atomic mass is 10.0. The van der Waals surface area contributed by atoms with Gasteiger partial charge >= 0.3 is 0 Å². The van der Waals surface area contributed by atoms with Gasteiger partial charge in [0.05, 0.1) is 17.4 Å². The zero-order valence-electron chi connectivity index (χ0n) is 18.1. The first-order chi connectivity index (χ1) is 15.5. The number of quaternary nitrogens is 1. The summed E-state index contributed by atoms with van der Waals surface area (Å²) in [5.74, 6) is -0.500. The molecule has 1 aromatic rings. The topological polar surface area (TPSA) is 62.1 Å². The summed E-state index contributed by atoms with van der Waals surface area (Å²) < 4.78 is 77.5. The second-order valence-electron chi connectivity index (χ2n) is 8.75. The van der Waals surface area contributed by atoms with E-state index in [2.05, 4.69) is 17.2 Å². The van der Waals surface area contributed by atoms with E-state index in [1.165, 1.54) is 12.1 Å². The molecular formula is C23H25F5N3O2+. The van der Waals surface area contributed by atoms with Gasteiger partial charge in [0, 0.05) is 22.3 Å². The summed E-state index contributed by atoms with van der Waals surface area (Å²) in [5.41, 5.74) is -1.26. The fourth-order valence-corrected chi connectivity index (χ4v) is 3.39. The third kappa shape index (κ3) is 6.82. The van der Waals surface area contributed by atoms with Crippen molar-refractivity contribution in [2.75, 3.05) is 6.61 Å². The standard InChI is InChI=1S/C23H24F5N3O2/c1-16(3-2-12-33-19-8-6-18(24)7-9-19)31(27,28)20(14-23(25,26)13-17-4-5-17)21(32)30-22(15-29)10-11-22/h6-9,16-17,20H,4-5,10-14H2,1H3/p+1/t16?,20-/m0/s1. The molecule has 0 aliphatic heterocycles. The van der Waals surface area contributed by atoms with E-state index in [1.807, 2.05) is 6.07 Å². The molecule has 2 aliphatic carbocycles. The van der Waals surface area contributed by atoms with E-state index in [9.17, 15) is 18.0 Å². The van der Waals surface area contributed by atoms with Crippen molar-refractivity contribution in [1.82, 2.24) is 5.32 Å². The van der Waals surface area contributed by atoms with Crippen LogP contribution in [0.4, 0.5) is 22.1 Å². The molecule has 0 spiro atoms. The van der Waals surface area contributed by atoms with Crippen molar-refractivity contribution in [3.63, 3.8) is 0 Å². The van der Waals surface area contributed by atoms with E-state index in [4.69, 9.17) is 10.00 Å². The molecule has 10 heteroatoms. The number of ether oxygens (including phenoxy) is 1. The molecule has 1 amide bonds. The fraction of sp³-hybridized carbons (Fsp3) is 0.565. The number of halogens is 5. The van der Waals surface area contributed by atoms with Crippen LogP contribution in [0.15, 0.2) is 24.3 Å². The van der Waals surface area contributed by atoms with Gasteiger partial charge in [-0.05, 0) is 61.8 Å². The van der Waals surface area contributed by atoms with Crippen molar-refractivity contribution in [1.29, 1.82) is 5.26 Å². The van der Waals surface area contributed by atoms with Gasteiger partial charge in [-0.25, -0.2) is 13.2 Å². The van der Waals surface area contributed by atoms with Gasteiger partial charge in [0.1, 0.15) is 23.7 Å². The third-order valence-electron chi connectivity index (χ3n) is 5.77. The van der Waals surface area contributed by atoms with Crippen LogP contribution in [-0.2, 0) is 4.79 Å². The Kier molecular flexibility index (Phi) is 7.18. The summed E-state index contributed by atoms with van der Waals surface area (Å²) in [4.78, 5) is 9.56. The Balaban J connectivity index is 1.70. The van der Waals surface area contributed by atoms with Crippen LogP contribution in [0.1, 0.15) is 45.4 Å². The highest BCUT2D eigenvalue weighted by Gasteiger charge is 2.58. The lowest BCUT2D eigenvalue weighted by molar-refractivity contribution is -1.19. The molecule has 5 nitrogen and oxygen atoms in total. The van der Waals surface area contributed by atoms with Crippen molar-refractivity contribution >= 4 is 5.91 Å². The van der Waals surface area contributed by atoms with Crippen LogP contribution in [0, 0.1) is 34.9 Å². The van der Waals surface area contributed by atoms with Gasteiger partial charge in [0.2, 0.25) is 12.1 Å². The zero-order chi connectivity index (χ0) is 24.3. The number of benzene rings is 1. The van der Waals surface area contributed by atoms with Gasteiger partial charge in [0.15, 0.2) is 0 Å². The number of nitriles is 1. The summed E-state index contributed by atoms with van der Waals surface area (Å²) in [7, 11) is 0. The molecule has 1 aromatic carbocycles. The van der Waals surface area contributed by atoms with E-state index in [0.717, 1.165) is 19.1 Å². The van der Waals surface area contributed by atoms with Crippen molar-refractivity contribution in [2.45, 2.75) is 69.0 Å². The van der Waals surface area contributed by atoms with Gasteiger partial charge in [-0.15, -0.1) is 0 Å². The molecule has 0 aromatic heterocycles. The Hall–Kier alpha value is -2.85. The predicted molar refractivity (Wildman–Crippen MR) is 108 cm³/mol. The first-order valence-electron chi connectivity index (χ1n) is 10.7. The van der Waals surface area contributed by atoms with Gasteiger partial charge in [-0.2, -0.15) is 5.26 Å². The normalized spacial score (nSPS) is 18.8. The summed E-state index contributed by atoms with van der Waals surface area (Å²) >= 11 is 0. The monoisotopic (exact) mass is 470 g/mol. The summed E-state index contributed by atoms with van der Waals surface area (Å²) in [5, 5.41) is 11.4. The maximum atomic E-state index is 15.2. The number of alkyl halides is 2. The van der Waals surface area contributed by atoms with Crippen molar-refractivity contribution in [3.8, 4) is 23.7 Å². The van der Waals surface area contributed by atoms with Crippen LogP contribution < -0.4 is 10.1 Å². The van der Waals surface area contributed by atoms with Crippen LogP contribution in [0.25, 0.3) is 0 Å². The molecule has 2 saturated carbocycles. The van der Waals surface area contributed by atoms with Crippen LogP contribution in [0.2, 0.25) is 0 Å². The third-order valence-corrected chi connectivity index (χ3v) is 5.77. The second-order valence-corrected chi connectivity index (χ2v) is 8.75. The molecule has 1 N–H and O–H groups in total. The first kappa shape index (κ1) is 24.8. The number of nitrogens with one attached hydrogen (secondary N) is 1. The molecule has 1 unspecified atom stereocenters. The molecule has 0 heterocycles. The summed E-state index contributed by atoms with van der Waals surface area (Å²) in [6.45, 7) is 0.740. The van der Waals surface area contributed by atoms with Crippen LogP contribution in [0.3, 0.4) is 0 Å². The molecule has 0 bridgehead atoms. The van der Waals surface area contributed by atoms with Crippen LogP contribution in [-0.4, -0.2) is 41.0 Å². The van der Waals surface area contributed by atoms with Crippen molar-refractivity contribution in [3.05, 3.63) is 30.1 Å². The highest BCUT2D eigenvalue weighted by atomic mass is 19.4. The number of hydrogen-bond acceptors (Lipinski definition) is 3. The van der Waals surface area contributed by atoms with E-state index >= 15 is 8.96 Å². The lowest BCUT2D eigenvalue weighted by Crippen LogP contribution is -2.58. The molecule has 3 rings (SSSR count). The number of nitrogens with zero attached hydrogens (tertiary/aromatic N) is 2. The predicted octanol–water partition coefficient (Wildman–Crippen LogP) is 4.55. The fourth-order valence-electron chi connectivity index (χ4n) is 3.39. The quantitative estimate of drug-likeness (QED) is 0.310. The Morgan fingerprint density at radius 1 is 1.30 bits per heavy atom. The Bertz CT molecular complexity index is 957. The Morgan fingerprint density at radius 2 is 1.94 bits per heavy atom. The largest absolute Gasteiger partial charge is 0.481 e. The van der Waals surface area contributed by atoms with Crippen molar-refractivity contribution in [2.24, 2.45) is 5.92 Å². The molecule has 2 aliphatic rings. The van der Waals surface area contributed by atoms with Gasteiger partial charge in [0.25, 0.3) is 11.8 Å². The second kappa shape index (κ2) is 9.56. The maximum Gasteiger partial charge on any atom is 0.287 e. The summed E-state index contributed by atoms with van der Waals surface area (Å²) in [6, 6.07) is 2.67. The highest BCUT2D eigenvalue weighted by molar-refractivity contribution is 5.82. The van der Waals surface area contributed by atoms with E-state index in [-0.39, 0.29) is 31.1 Å². The number of carbonyl (C=O) groups excluding carboxylic acids is 1. The number of hydrogen-bond donors (Lipinski definition) is 1. The van der Waals surface area contributed by atoms with Crippen LogP contribution in [0.5, 0.6) is 5.75 Å². The lowest BCUT2D eigenvalue weighted by Gasteiger charge is -2.29. The van der Waals surface area contributed by atoms with Gasteiger partial charge < -0.3 is 10.1 Å². The van der Waals surface area contributed by atoms with Crippen molar-refractivity contribution < 1.29 is 36.6 Å². The minimum atomic E-state index is -3.45. The Morgan fingerprint density at radius 3 is 2.48 bits per heavy atom. The average Bonchev–Trinajstić information content (AvgIpc) is 3.68. The molecule has 0 radical (unpaired) electrons. The van der Waals surface area contributed by atoms with Gasteiger partial charge in [-0.3, -0.25) is 4.79 Å². The molecule has 2 fully saturated rings. The minimum absolute atomic E-state index is 0.223. The average molecular weight is 470 g/mol. The number of rotatable bonds is 10. The smallest absolute Gasteiger partial charge is 0.287 e. The van der Waals surface area contributed by atoms with Crippen LogP contribution >= 0.6 is 0 Å². The molecule has 33 heavy (non-hydrogen) atoms. The number of amides is 1. The van der Waals surface area contributed by atoms with Gasteiger partial charge in [-0.1, -0.05) is 5.92 Å². The van der Waals surface area contributed by atoms with E-state index < -0.39 is 53.0 Å². The zero-order valence-corrected chi connectivity index (χ0v) is 18.1. The first-order valence-corrected chi connectivity index (χ1v) is 10.7. The number of carbonyl (C=O) groups is 1. The molecule has 2 atom stereocenters. The highest BCUT2D eigenvalue weighted by Crippen LogP contribution is 2.43. The Labute approximate surface area is 189 Å². The molecule has 0 saturated heterocycles. The minimum Gasteiger partial charge on any atom is -0.481 e. The summed E-state index contributed by atoms with van der Waals surface area (Å²) in [6.07, 6.45) is -0.0891. The maximum absolute atomic E-state index is 15.2.